The summed E-state index contributed by atoms with van der Waals surface area (Å²) in [6.45, 7) is 7.65. The van der Waals surface area contributed by atoms with Gasteiger partial charge in [0, 0.05) is 13.3 Å². The van der Waals surface area contributed by atoms with Crippen LogP contribution in [0.3, 0.4) is 0 Å². The molecule has 0 spiro atoms. The van der Waals surface area contributed by atoms with Crippen LogP contribution in [0.25, 0.3) is 0 Å². The zero-order chi connectivity index (χ0) is 16.1. The highest BCUT2D eigenvalue weighted by atomic mass is 16.6. The summed E-state index contributed by atoms with van der Waals surface area (Å²) in [6, 6.07) is 0. The maximum absolute atomic E-state index is 11.1. The molecule has 0 fully saturated rings. The summed E-state index contributed by atoms with van der Waals surface area (Å²) in [5, 5.41) is 0. The molecule has 118 valence electrons. The second-order valence-corrected chi connectivity index (χ2v) is 5.42. The Morgan fingerprint density at radius 2 is 1.48 bits per heavy atom. The second-order valence-electron chi connectivity index (χ2n) is 5.42. The molecule has 0 amide bonds. The van der Waals surface area contributed by atoms with Gasteiger partial charge in [-0.25, -0.2) is 0 Å². The monoisotopic (exact) mass is 292 g/mol. The number of esters is 2. The third-order valence-corrected chi connectivity index (χ3v) is 2.86. The summed E-state index contributed by atoms with van der Waals surface area (Å²) in [6.07, 6.45) is 13.7. The Balaban J connectivity index is 3.69. The van der Waals surface area contributed by atoms with Crippen LogP contribution in [0.5, 0.6) is 0 Å². The summed E-state index contributed by atoms with van der Waals surface area (Å²) >= 11 is 0. The lowest BCUT2D eigenvalue weighted by Gasteiger charge is -1.98. The van der Waals surface area contributed by atoms with Crippen molar-refractivity contribution in [1.82, 2.24) is 0 Å². The minimum absolute atomic E-state index is 0.258. The van der Waals surface area contributed by atoms with E-state index in [0.29, 0.717) is 6.42 Å². The molecule has 0 radical (unpaired) electrons. The fourth-order valence-electron chi connectivity index (χ4n) is 1.76. The molecule has 0 saturated carbocycles. The van der Waals surface area contributed by atoms with E-state index < -0.39 is 11.9 Å². The molecule has 0 saturated heterocycles. The standard InChI is InChI=1S/C18H28O3/c1-15(2)11-10-13-16(3)12-8-6-5-7-9-14-18(20)21-17(4)19/h5,7,11-12H,6,8-10,13-14H2,1-4H3. The van der Waals surface area contributed by atoms with Gasteiger partial charge in [0.05, 0.1) is 0 Å². The fraction of sp³-hybridized carbons (Fsp3) is 0.556. The third-order valence-electron chi connectivity index (χ3n) is 2.86. The van der Waals surface area contributed by atoms with Crippen LogP contribution in [-0.2, 0) is 14.3 Å². The van der Waals surface area contributed by atoms with E-state index in [4.69, 9.17) is 0 Å². The van der Waals surface area contributed by atoms with Gasteiger partial charge in [-0.15, -0.1) is 0 Å². The minimum atomic E-state index is -0.544. The van der Waals surface area contributed by atoms with Crippen molar-refractivity contribution in [3.63, 3.8) is 0 Å². The highest BCUT2D eigenvalue weighted by Crippen LogP contribution is 2.09. The molecule has 0 rings (SSSR count). The summed E-state index contributed by atoms with van der Waals surface area (Å²) < 4.78 is 4.44. The molecule has 21 heavy (non-hydrogen) atoms. The maximum Gasteiger partial charge on any atom is 0.313 e. The van der Waals surface area contributed by atoms with Gasteiger partial charge in [-0.2, -0.15) is 0 Å². The predicted molar refractivity (Wildman–Crippen MR) is 86.8 cm³/mol. The molecule has 3 heteroatoms. The van der Waals surface area contributed by atoms with Crippen LogP contribution in [0.4, 0.5) is 0 Å². The number of rotatable bonds is 9. The van der Waals surface area contributed by atoms with Crippen molar-refractivity contribution in [1.29, 1.82) is 0 Å². The Hall–Kier alpha value is -1.64. The molecule has 0 aromatic heterocycles. The van der Waals surface area contributed by atoms with Crippen LogP contribution in [0, 0.1) is 0 Å². The van der Waals surface area contributed by atoms with E-state index in [1.165, 1.54) is 18.1 Å². The van der Waals surface area contributed by atoms with Crippen LogP contribution in [0.15, 0.2) is 35.5 Å². The quantitative estimate of drug-likeness (QED) is 0.263. The average Bonchev–Trinajstić information content (AvgIpc) is 2.36. The van der Waals surface area contributed by atoms with Crippen molar-refractivity contribution in [2.75, 3.05) is 0 Å². The number of carbonyl (C=O) groups excluding carboxylic acids is 2. The van der Waals surface area contributed by atoms with Crippen molar-refractivity contribution < 1.29 is 14.3 Å². The first-order valence-electron chi connectivity index (χ1n) is 7.57. The predicted octanol–water partition coefficient (Wildman–Crippen LogP) is 4.89. The number of hydrogen-bond donors (Lipinski definition) is 0. The SMILES string of the molecule is CC(=O)OC(=O)CCC=CCCC=C(C)CCC=C(C)C. The number of hydrogen-bond acceptors (Lipinski definition) is 3. The Morgan fingerprint density at radius 1 is 0.810 bits per heavy atom. The van der Waals surface area contributed by atoms with E-state index in [1.54, 1.807) is 0 Å². The summed E-state index contributed by atoms with van der Waals surface area (Å²) in [4.78, 5) is 21.6. The van der Waals surface area contributed by atoms with E-state index in [9.17, 15) is 9.59 Å². The van der Waals surface area contributed by atoms with Crippen LogP contribution < -0.4 is 0 Å². The molecule has 0 heterocycles. The molecule has 0 aliphatic carbocycles. The van der Waals surface area contributed by atoms with Crippen LogP contribution in [0.2, 0.25) is 0 Å². The van der Waals surface area contributed by atoms with E-state index in [0.717, 1.165) is 25.7 Å². The van der Waals surface area contributed by atoms with Gasteiger partial charge in [-0.3, -0.25) is 9.59 Å². The molecule has 3 nitrogen and oxygen atoms in total. The van der Waals surface area contributed by atoms with Gasteiger partial charge >= 0.3 is 11.9 Å². The van der Waals surface area contributed by atoms with Gasteiger partial charge in [-0.05, 0) is 52.9 Å². The topological polar surface area (TPSA) is 43.4 Å². The molecule has 0 atom stereocenters. The Morgan fingerprint density at radius 3 is 2.10 bits per heavy atom. The van der Waals surface area contributed by atoms with Crippen LogP contribution in [0.1, 0.15) is 66.2 Å². The molecule has 0 aromatic rings. The molecule has 0 unspecified atom stereocenters. The molecular formula is C18H28O3. The van der Waals surface area contributed by atoms with Crippen molar-refractivity contribution in [3.8, 4) is 0 Å². The lowest BCUT2D eigenvalue weighted by atomic mass is 10.1. The Labute approximate surface area is 128 Å². The Bertz CT molecular complexity index is 410. The van der Waals surface area contributed by atoms with Crippen molar-refractivity contribution in [2.45, 2.75) is 66.2 Å². The summed E-state index contributed by atoms with van der Waals surface area (Å²) in [5.74, 6) is -1.00. The molecule has 0 aliphatic rings. The highest BCUT2D eigenvalue weighted by molar-refractivity contribution is 5.84. The lowest BCUT2D eigenvalue weighted by molar-refractivity contribution is -0.157. The van der Waals surface area contributed by atoms with Gasteiger partial charge in [0.2, 0.25) is 0 Å². The smallest absolute Gasteiger partial charge is 0.313 e. The van der Waals surface area contributed by atoms with Gasteiger partial charge in [0.25, 0.3) is 0 Å². The minimum Gasteiger partial charge on any atom is -0.393 e. The van der Waals surface area contributed by atoms with Gasteiger partial charge < -0.3 is 4.74 Å². The first-order chi connectivity index (χ1) is 9.91. The van der Waals surface area contributed by atoms with Crippen molar-refractivity contribution in [2.24, 2.45) is 0 Å². The highest BCUT2D eigenvalue weighted by Gasteiger charge is 2.03. The first-order valence-corrected chi connectivity index (χ1v) is 7.57. The average molecular weight is 292 g/mol. The number of ether oxygens (including phenoxy) is 1. The molecule has 0 N–H and O–H groups in total. The molecule has 0 bridgehead atoms. The number of carbonyl (C=O) groups is 2. The van der Waals surface area contributed by atoms with E-state index >= 15 is 0 Å². The van der Waals surface area contributed by atoms with E-state index in [1.807, 2.05) is 6.08 Å². The molecule has 0 aliphatic heterocycles. The van der Waals surface area contributed by atoms with Gasteiger partial charge in [0.15, 0.2) is 0 Å². The fourth-order valence-corrected chi connectivity index (χ4v) is 1.76. The van der Waals surface area contributed by atoms with Crippen LogP contribution in [-0.4, -0.2) is 11.9 Å². The van der Waals surface area contributed by atoms with E-state index in [2.05, 4.69) is 43.7 Å². The second kappa shape index (κ2) is 12.1. The van der Waals surface area contributed by atoms with Gasteiger partial charge in [-0.1, -0.05) is 35.5 Å². The first kappa shape index (κ1) is 19.4. The lowest BCUT2D eigenvalue weighted by Crippen LogP contribution is -2.07. The maximum atomic E-state index is 11.1. The van der Waals surface area contributed by atoms with Crippen molar-refractivity contribution in [3.05, 3.63) is 35.5 Å². The molecule has 0 aromatic carbocycles. The zero-order valence-corrected chi connectivity index (χ0v) is 13.8. The van der Waals surface area contributed by atoms with E-state index in [-0.39, 0.29) is 6.42 Å². The summed E-state index contributed by atoms with van der Waals surface area (Å²) in [7, 11) is 0. The third kappa shape index (κ3) is 14.6. The van der Waals surface area contributed by atoms with Gasteiger partial charge in [0.1, 0.15) is 0 Å². The normalized spacial score (nSPS) is 11.5. The zero-order valence-electron chi connectivity index (χ0n) is 13.8. The van der Waals surface area contributed by atoms with Crippen LogP contribution >= 0.6 is 0 Å². The van der Waals surface area contributed by atoms with Crippen molar-refractivity contribution >= 4 is 11.9 Å². The number of allylic oxidation sites excluding steroid dienone is 6. The largest absolute Gasteiger partial charge is 0.393 e. The molecular weight excluding hydrogens is 264 g/mol. The Kier molecular flexibility index (Phi) is 11.2. The number of unbranched alkanes of at least 4 members (excludes halogenated alkanes) is 1. The summed E-state index contributed by atoms with van der Waals surface area (Å²) in [5.41, 5.74) is 2.79.